The maximum atomic E-state index is 12.3. The Morgan fingerprint density at radius 3 is 2.42 bits per heavy atom. The molecule has 0 aliphatic heterocycles. The van der Waals surface area contributed by atoms with Crippen molar-refractivity contribution in [3.63, 3.8) is 0 Å². The summed E-state index contributed by atoms with van der Waals surface area (Å²) in [6.07, 6.45) is 3.46. The molecule has 1 aromatic carbocycles. The molecule has 0 atom stereocenters. The predicted molar refractivity (Wildman–Crippen MR) is 112 cm³/mol. The van der Waals surface area contributed by atoms with Crippen LogP contribution >= 0.6 is 23.2 Å². The molecule has 0 amide bonds. The summed E-state index contributed by atoms with van der Waals surface area (Å²) >= 11 is 13.0. The minimum Gasteiger partial charge on any atom is -0.302 e. The third-order valence-corrected chi connectivity index (χ3v) is 5.55. The minimum atomic E-state index is -0.887. The zero-order valence-electron chi connectivity index (χ0n) is 15.5. The number of hydrogen-bond acceptors (Lipinski definition) is 6. The van der Waals surface area contributed by atoms with E-state index in [0.29, 0.717) is 16.7 Å². The zero-order valence-corrected chi connectivity index (χ0v) is 17.1. The second-order valence-corrected chi connectivity index (χ2v) is 7.80. The number of nitriles is 1. The second-order valence-electron chi connectivity index (χ2n) is 6.99. The van der Waals surface area contributed by atoms with Crippen LogP contribution in [-0.2, 0) is 0 Å². The lowest BCUT2D eigenvalue weighted by Crippen LogP contribution is -2.33. The van der Waals surface area contributed by atoms with Crippen molar-refractivity contribution in [2.45, 2.75) is 18.9 Å². The number of halogens is 2. The van der Waals surface area contributed by atoms with Crippen molar-refractivity contribution >= 4 is 34.2 Å². The van der Waals surface area contributed by atoms with E-state index in [1.165, 1.54) is 22.9 Å². The molecule has 4 aromatic rings. The van der Waals surface area contributed by atoms with Crippen LogP contribution in [0.25, 0.3) is 22.4 Å². The molecule has 10 nitrogen and oxygen atoms in total. The zero-order chi connectivity index (χ0) is 21.9. The van der Waals surface area contributed by atoms with Gasteiger partial charge in [-0.25, -0.2) is 9.48 Å². The standard InChI is InChI=1S/C19H11Cl2N7O3/c20-11-5-10(27-19(31)24-18(30)13(7-22)25-27)6-12(21)17(11)28-14-3-4-16(29)26(9-1-2-9)15(14)8-23-28/h3-6,8-9H,1-2H2,(H,24,30,31). The number of nitrogens with one attached hydrogen (secondary N) is 1. The van der Waals surface area contributed by atoms with Crippen molar-refractivity contribution in [2.24, 2.45) is 0 Å². The van der Waals surface area contributed by atoms with Crippen molar-refractivity contribution in [3.8, 4) is 17.4 Å². The fourth-order valence-corrected chi connectivity index (χ4v) is 4.09. The molecular formula is C19H11Cl2N7O3. The minimum absolute atomic E-state index is 0.0982. The number of aromatic nitrogens is 6. The van der Waals surface area contributed by atoms with Crippen molar-refractivity contribution < 1.29 is 0 Å². The Kier molecular flexibility index (Phi) is 4.32. The maximum absolute atomic E-state index is 12.3. The summed E-state index contributed by atoms with van der Waals surface area (Å²) in [5.41, 5.74) is -0.489. The summed E-state index contributed by atoms with van der Waals surface area (Å²) in [6.45, 7) is 0. The molecule has 0 radical (unpaired) electrons. The third-order valence-electron chi connectivity index (χ3n) is 4.97. The molecule has 3 aromatic heterocycles. The number of pyridine rings is 1. The Balaban J connectivity index is 1.70. The lowest BCUT2D eigenvalue weighted by atomic mass is 10.2. The van der Waals surface area contributed by atoms with Crippen LogP contribution in [0.2, 0.25) is 10.0 Å². The van der Waals surface area contributed by atoms with Crippen molar-refractivity contribution in [1.82, 2.24) is 29.1 Å². The molecule has 1 saturated carbocycles. The molecule has 12 heteroatoms. The molecule has 3 heterocycles. The first-order valence-corrected chi connectivity index (χ1v) is 9.87. The molecule has 31 heavy (non-hydrogen) atoms. The van der Waals surface area contributed by atoms with E-state index < -0.39 is 16.9 Å². The summed E-state index contributed by atoms with van der Waals surface area (Å²) in [7, 11) is 0. The number of H-pyrrole nitrogens is 1. The van der Waals surface area contributed by atoms with E-state index in [2.05, 4.69) is 10.2 Å². The van der Waals surface area contributed by atoms with E-state index in [1.807, 2.05) is 4.98 Å². The average Bonchev–Trinajstić information content (AvgIpc) is 3.47. The fraction of sp³-hybridized carbons (Fsp3) is 0.158. The molecule has 1 fully saturated rings. The first kappa shape index (κ1) is 19.3. The van der Waals surface area contributed by atoms with Gasteiger partial charge in [0.15, 0.2) is 0 Å². The van der Waals surface area contributed by atoms with E-state index in [9.17, 15) is 14.4 Å². The smallest absolute Gasteiger partial charge is 0.302 e. The largest absolute Gasteiger partial charge is 0.349 e. The Labute approximate surface area is 182 Å². The Morgan fingerprint density at radius 2 is 1.77 bits per heavy atom. The normalized spacial score (nSPS) is 13.5. The molecule has 0 unspecified atom stereocenters. The fourth-order valence-electron chi connectivity index (χ4n) is 3.45. The quantitative estimate of drug-likeness (QED) is 0.501. The predicted octanol–water partition coefficient (Wildman–Crippen LogP) is 1.93. The lowest BCUT2D eigenvalue weighted by Gasteiger charge is -2.12. The van der Waals surface area contributed by atoms with Crippen LogP contribution in [0.1, 0.15) is 24.6 Å². The number of benzene rings is 1. The number of hydrogen-bond donors (Lipinski definition) is 1. The third kappa shape index (κ3) is 3.06. The van der Waals surface area contributed by atoms with Gasteiger partial charge in [-0.3, -0.25) is 14.6 Å². The van der Waals surface area contributed by atoms with Gasteiger partial charge in [0.05, 0.1) is 33.0 Å². The van der Waals surface area contributed by atoms with Gasteiger partial charge in [-0.05, 0) is 31.0 Å². The Hall–Kier alpha value is -3.68. The first-order valence-electron chi connectivity index (χ1n) is 9.12. The highest BCUT2D eigenvalue weighted by Crippen LogP contribution is 2.37. The number of fused-ring (bicyclic) bond motifs is 1. The van der Waals surface area contributed by atoms with E-state index in [-0.39, 0.29) is 27.3 Å². The maximum Gasteiger partial charge on any atom is 0.349 e. The van der Waals surface area contributed by atoms with Crippen LogP contribution in [0.5, 0.6) is 0 Å². The van der Waals surface area contributed by atoms with E-state index in [4.69, 9.17) is 28.5 Å². The molecule has 0 spiro atoms. The Bertz CT molecular complexity index is 1580. The topological polar surface area (TPSA) is 131 Å². The van der Waals surface area contributed by atoms with Gasteiger partial charge in [0.25, 0.3) is 11.1 Å². The van der Waals surface area contributed by atoms with Gasteiger partial charge < -0.3 is 4.57 Å². The van der Waals surface area contributed by atoms with Gasteiger partial charge in [-0.15, -0.1) is 5.10 Å². The molecular weight excluding hydrogens is 445 g/mol. The van der Waals surface area contributed by atoms with Gasteiger partial charge in [0, 0.05) is 12.1 Å². The highest BCUT2D eigenvalue weighted by molar-refractivity contribution is 6.38. The van der Waals surface area contributed by atoms with Gasteiger partial charge in [-0.2, -0.15) is 15.0 Å². The van der Waals surface area contributed by atoms with Crippen LogP contribution in [0.4, 0.5) is 0 Å². The summed E-state index contributed by atoms with van der Waals surface area (Å²) in [6, 6.07) is 7.74. The van der Waals surface area contributed by atoms with Crippen LogP contribution in [-0.4, -0.2) is 29.1 Å². The molecule has 0 saturated heterocycles. The molecule has 1 aliphatic carbocycles. The lowest BCUT2D eigenvalue weighted by molar-refractivity contribution is 0.739. The van der Waals surface area contributed by atoms with Gasteiger partial charge in [-0.1, -0.05) is 23.2 Å². The Morgan fingerprint density at radius 1 is 1.06 bits per heavy atom. The van der Waals surface area contributed by atoms with Crippen molar-refractivity contribution in [3.05, 3.63) is 77.4 Å². The summed E-state index contributed by atoms with van der Waals surface area (Å²) in [5, 5.41) is 17.4. The van der Waals surface area contributed by atoms with Crippen LogP contribution in [0.3, 0.4) is 0 Å². The van der Waals surface area contributed by atoms with Gasteiger partial charge in [0.2, 0.25) is 5.69 Å². The van der Waals surface area contributed by atoms with E-state index in [1.54, 1.807) is 22.9 Å². The highest BCUT2D eigenvalue weighted by Gasteiger charge is 2.27. The van der Waals surface area contributed by atoms with Crippen LogP contribution in [0, 0.1) is 11.3 Å². The first-order chi connectivity index (χ1) is 14.9. The van der Waals surface area contributed by atoms with E-state index >= 15 is 0 Å². The van der Waals surface area contributed by atoms with Crippen molar-refractivity contribution in [2.75, 3.05) is 0 Å². The average molecular weight is 456 g/mol. The SMILES string of the molecule is N#Cc1nn(-c2cc(Cl)c(-n3ncc4c3ccc(=O)n4C3CC3)c(Cl)c2)c(=O)[nH]c1=O. The molecule has 1 aliphatic rings. The summed E-state index contributed by atoms with van der Waals surface area (Å²) < 4.78 is 4.06. The summed E-state index contributed by atoms with van der Waals surface area (Å²) in [5.74, 6) is 0. The molecule has 154 valence electrons. The van der Waals surface area contributed by atoms with Crippen LogP contribution < -0.4 is 16.8 Å². The number of nitrogens with zero attached hydrogens (tertiary/aromatic N) is 6. The van der Waals surface area contributed by atoms with Crippen molar-refractivity contribution in [1.29, 1.82) is 5.26 Å². The molecule has 0 bridgehead atoms. The number of rotatable bonds is 3. The number of aromatic amines is 1. The molecule has 5 rings (SSSR count). The van der Waals surface area contributed by atoms with E-state index in [0.717, 1.165) is 17.5 Å². The van der Waals surface area contributed by atoms with Gasteiger partial charge in [0.1, 0.15) is 11.8 Å². The monoisotopic (exact) mass is 455 g/mol. The molecule has 1 N–H and O–H groups in total. The van der Waals surface area contributed by atoms with Crippen LogP contribution in [0.15, 0.2) is 44.8 Å². The summed E-state index contributed by atoms with van der Waals surface area (Å²) in [4.78, 5) is 38.1. The van der Waals surface area contributed by atoms with Gasteiger partial charge >= 0.3 is 5.69 Å². The second kappa shape index (κ2) is 6.94. The highest BCUT2D eigenvalue weighted by atomic mass is 35.5.